The number of carbonyl (C=O) groups excluding carboxylic acids is 1. The van der Waals surface area contributed by atoms with Gasteiger partial charge in [-0.25, -0.2) is 20.3 Å². The third kappa shape index (κ3) is 3.85. The van der Waals surface area contributed by atoms with E-state index in [0.717, 1.165) is 43.2 Å². The monoisotopic (exact) mass is 428 g/mol. The molecular formula is C23H22N7O2. The number of nitrogens with one attached hydrogen (secondary N) is 1. The number of nitrogen functional groups attached to an aromatic ring is 1. The van der Waals surface area contributed by atoms with Crippen LogP contribution in [0, 0.1) is 6.92 Å². The van der Waals surface area contributed by atoms with E-state index in [1.807, 2.05) is 30.3 Å². The normalized spacial score (nSPS) is 15.3. The van der Waals surface area contributed by atoms with Crippen molar-refractivity contribution in [3.8, 4) is 11.4 Å². The number of nitrogens with zero attached hydrogens (tertiary/aromatic N) is 5. The van der Waals surface area contributed by atoms with Crippen LogP contribution in [0.5, 0.6) is 0 Å². The van der Waals surface area contributed by atoms with Crippen molar-refractivity contribution in [3.05, 3.63) is 59.5 Å². The Morgan fingerprint density at radius 3 is 2.62 bits per heavy atom. The molecule has 1 fully saturated rings. The standard InChI is InChI=1S/C23H22N7O2/c1-14-21(24)26-13-19(27-14)18-12-15-6-7-25-23(31)20(15)22(29-18)28-16-2-4-17(5-3-16)30-8-10-32-11-9-30/h2-7,12-13H,8-11H2,1H3,(H2,24,26)(H,28,29). The van der Waals surface area contributed by atoms with E-state index < -0.39 is 0 Å². The van der Waals surface area contributed by atoms with Crippen LogP contribution >= 0.6 is 0 Å². The molecule has 0 unspecified atom stereocenters. The molecule has 0 spiro atoms. The molecule has 3 N–H and O–H groups in total. The SMILES string of the molecule is Cc1nc(-c2cc3c(c(Nc4ccc(N5CCOCC5)cc4)n2)C(=O)[N]C=C3)cnc1N. The number of anilines is 4. The molecule has 1 amide bonds. The van der Waals surface area contributed by atoms with E-state index in [1.165, 1.54) is 6.20 Å². The van der Waals surface area contributed by atoms with E-state index >= 15 is 0 Å². The smallest absolute Gasteiger partial charge is 0.281 e. The largest absolute Gasteiger partial charge is 0.382 e. The third-order valence-corrected chi connectivity index (χ3v) is 5.46. The Morgan fingerprint density at radius 1 is 1.09 bits per heavy atom. The number of benzene rings is 1. The van der Waals surface area contributed by atoms with E-state index in [9.17, 15) is 4.79 Å². The first-order valence-corrected chi connectivity index (χ1v) is 10.3. The van der Waals surface area contributed by atoms with Gasteiger partial charge in [0.15, 0.2) is 0 Å². The molecule has 4 heterocycles. The van der Waals surface area contributed by atoms with Gasteiger partial charge < -0.3 is 20.7 Å². The molecule has 0 saturated carbocycles. The predicted octanol–water partition coefficient (Wildman–Crippen LogP) is 2.74. The van der Waals surface area contributed by atoms with Gasteiger partial charge in [0.05, 0.1) is 36.4 Å². The zero-order valence-corrected chi connectivity index (χ0v) is 17.6. The summed E-state index contributed by atoms with van der Waals surface area (Å²) in [7, 11) is 0. The first-order chi connectivity index (χ1) is 15.6. The number of amides is 1. The highest BCUT2D eigenvalue weighted by Crippen LogP contribution is 2.30. The Labute approximate surface area is 185 Å². The van der Waals surface area contributed by atoms with Crippen molar-refractivity contribution in [2.45, 2.75) is 6.92 Å². The fourth-order valence-electron chi connectivity index (χ4n) is 3.72. The number of fused-ring (bicyclic) bond motifs is 1. The van der Waals surface area contributed by atoms with E-state index in [2.05, 4.69) is 30.5 Å². The molecular weight excluding hydrogens is 406 g/mol. The molecule has 2 aliphatic rings. The topological polar surface area (TPSA) is 120 Å². The summed E-state index contributed by atoms with van der Waals surface area (Å²) in [5.41, 5.74) is 10.7. The van der Waals surface area contributed by atoms with Crippen LogP contribution in [0.1, 0.15) is 21.6 Å². The van der Waals surface area contributed by atoms with Crippen LogP contribution in [0.4, 0.5) is 23.0 Å². The first kappa shape index (κ1) is 20.0. The highest BCUT2D eigenvalue weighted by atomic mass is 16.5. The summed E-state index contributed by atoms with van der Waals surface area (Å²) in [5, 5.41) is 7.20. The number of pyridine rings is 1. The highest BCUT2D eigenvalue weighted by Gasteiger charge is 2.23. The number of ether oxygens (including phenoxy) is 1. The van der Waals surface area contributed by atoms with Crippen molar-refractivity contribution >= 4 is 35.0 Å². The fraction of sp³-hybridized carbons (Fsp3) is 0.217. The van der Waals surface area contributed by atoms with E-state index in [0.29, 0.717) is 34.3 Å². The second-order valence-corrected chi connectivity index (χ2v) is 7.57. The molecule has 2 aromatic heterocycles. The molecule has 2 aliphatic heterocycles. The van der Waals surface area contributed by atoms with Gasteiger partial charge in [-0.15, -0.1) is 0 Å². The average molecular weight is 428 g/mol. The first-order valence-electron chi connectivity index (χ1n) is 10.3. The summed E-state index contributed by atoms with van der Waals surface area (Å²) < 4.78 is 5.42. The lowest BCUT2D eigenvalue weighted by molar-refractivity contribution is 0.0965. The maximum absolute atomic E-state index is 12.5. The maximum atomic E-state index is 12.5. The molecule has 0 aliphatic carbocycles. The number of rotatable bonds is 4. The molecule has 1 radical (unpaired) electrons. The second kappa shape index (κ2) is 8.27. The van der Waals surface area contributed by atoms with E-state index in [-0.39, 0.29) is 5.91 Å². The summed E-state index contributed by atoms with van der Waals surface area (Å²) in [6.07, 6.45) is 4.86. The summed E-state index contributed by atoms with van der Waals surface area (Å²) in [6.45, 7) is 5.00. The molecule has 5 rings (SSSR count). The third-order valence-electron chi connectivity index (χ3n) is 5.46. The van der Waals surface area contributed by atoms with Gasteiger partial charge in [-0.1, -0.05) is 0 Å². The number of aromatic nitrogens is 3. The minimum absolute atomic E-state index is 0.339. The number of aryl methyl sites for hydroxylation is 1. The van der Waals surface area contributed by atoms with Crippen LogP contribution < -0.4 is 21.3 Å². The van der Waals surface area contributed by atoms with Crippen molar-refractivity contribution in [3.63, 3.8) is 0 Å². The van der Waals surface area contributed by atoms with Gasteiger partial charge in [0, 0.05) is 30.7 Å². The summed E-state index contributed by atoms with van der Waals surface area (Å²) >= 11 is 0. The molecule has 32 heavy (non-hydrogen) atoms. The van der Waals surface area contributed by atoms with Gasteiger partial charge in [-0.3, -0.25) is 4.79 Å². The summed E-state index contributed by atoms with van der Waals surface area (Å²) in [5.74, 6) is 0.457. The zero-order chi connectivity index (χ0) is 22.1. The number of nitrogens with two attached hydrogens (primary N) is 1. The van der Waals surface area contributed by atoms with Crippen molar-refractivity contribution in [1.82, 2.24) is 20.3 Å². The Morgan fingerprint density at radius 2 is 1.88 bits per heavy atom. The van der Waals surface area contributed by atoms with Crippen LogP contribution in [-0.2, 0) is 4.74 Å². The fourth-order valence-corrected chi connectivity index (χ4v) is 3.72. The minimum atomic E-state index is -0.339. The summed E-state index contributed by atoms with van der Waals surface area (Å²) in [4.78, 5) is 28.2. The molecule has 1 aromatic carbocycles. The summed E-state index contributed by atoms with van der Waals surface area (Å²) in [6, 6.07) is 9.85. The molecule has 9 nitrogen and oxygen atoms in total. The van der Waals surface area contributed by atoms with Crippen LogP contribution in [0.3, 0.4) is 0 Å². The number of carbonyl (C=O) groups is 1. The van der Waals surface area contributed by atoms with Crippen LogP contribution in [0.15, 0.2) is 42.7 Å². The Kier molecular flexibility index (Phi) is 5.16. The second-order valence-electron chi connectivity index (χ2n) is 7.57. The maximum Gasteiger partial charge on any atom is 0.281 e. The van der Waals surface area contributed by atoms with Gasteiger partial charge in [0.2, 0.25) is 0 Å². The van der Waals surface area contributed by atoms with Crippen molar-refractivity contribution in [2.75, 3.05) is 42.3 Å². The molecule has 161 valence electrons. The lowest BCUT2D eigenvalue weighted by Gasteiger charge is -2.29. The van der Waals surface area contributed by atoms with Crippen molar-refractivity contribution in [2.24, 2.45) is 0 Å². The Bertz CT molecular complexity index is 1200. The predicted molar refractivity (Wildman–Crippen MR) is 123 cm³/mol. The lowest BCUT2D eigenvalue weighted by atomic mass is 10.0. The van der Waals surface area contributed by atoms with Crippen LogP contribution in [0.25, 0.3) is 17.5 Å². The molecule has 9 heteroatoms. The van der Waals surface area contributed by atoms with Gasteiger partial charge >= 0.3 is 0 Å². The van der Waals surface area contributed by atoms with E-state index in [1.54, 1.807) is 19.2 Å². The quantitative estimate of drug-likeness (QED) is 0.651. The molecule has 3 aromatic rings. The number of morpholine rings is 1. The van der Waals surface area contributed by atoms with Gasteiger partial charge in [-0.2, -0.15) is 0 Å². The Balaban J connectivity index is 1.50. The highest BCUT2D eigenvalue weighted by molar-refractivity contribution is 6.05. The molecule has 0 atom stereocenters. The van der Waals surface area contributed by atoms with Gasteiger partial charge in [0.25, 0.3) is 5.91 Å². The Hall–Kier alpha value is -3.98. The average Bonchev–Trinajstić information content (AvgIpc) is 2.82. The molecule has 1 saturated heterocycles. The van der Waals surface area contributed by atoms with Crippen molar-refractivity contribution in [1.29, 1.82) is 0 Å². The van der Waals surface area contributed by atoms with Crippen LogP contribution in [-0.4, -0.2) is 47.2 Å². The number of hydrogen-bond donors (Lipinski definition) is 2. The van der Waals surface area contributed by atoms with Gasteiger partial charge in [0.1, 0.15) is 17.3 Å². The molecule has 0 bridgehead atoms. The lowest BCUT2D eigenvalue weighted by Crippen LogP contribution is -2.36. The van der Waals surface area contributed by atoms with Crippen LogP contribution in [0.2, 0.25) is 0 Å². The van der Waals surface area contributed by atoms with Gasteiger partial charge in [-0.05, 0) is 48.9 Å². The van der Waals surface area contributed by atoms with Crippen molar-refractivity contribution < 1.29 is 9.53 Å². The number of hydrogen-bond acceptors (Lipinski definition) is 8. The minimum Gasteiger partial charge on any atom is -0.382 e. The zero-order valence-electron chi connectivity index (χ0n) is 17.6. The van der Waals surface area contributed by atoms with E-state index in [4.69, 9.17) is 10.5 Å².